The molecule has 1 aliphatic carbocycles. The monoisotopic (exact) mass is 831 g/mol. The van der Waals surface area contributed by atoms with E-state index in [9.17, 15) is 34.1 Å². The summed E-state index contributed by atoms with van der Waals surface area (Å²) in [5.74, 6) is -1.71. The van der Waals surface area contributed by atoms with Gasteiger partial charge in [0.15, 0.2) is 6.10 Å². The Hall–Kier alpha value is -1.92. The summed E-state index contributed by atoms with van der Waals surface area (Å²) in [5, 5.41) is 20.7. The highest BCUT2D eigenvalue weighted by molar-refractivity contribution is 7.47. The lowest BCUT2D eigenvalue weighted by Crippen LogP contribution is -2.37. The fraction of sp³-hybridized carbons (Fsp3) is 0.841. The van der Waals surface area contributed by atoms with Crippen molar-refractivity contribution in [2.24, 2.45) is 11.8 Å². The second kappa shape index (κ2) is 31.9. The van der Waals surface area contributed by atoms with E-state index in [-0.39, 0.29) is 44.2 Å². The molecule has 1 aliphatic rings. The van der Waals surface area contributed by atoms with Crippen molar-refractivity contribution in [3.8, 4) is 0 Å². The number of phosphoric ester groups is 1. The van der Waals surface area contributed by atoms with Crippen LogP contribution in [0, 0.1) is 11.8 Å². The van der Waals surface area contributed by atoms with Gasteiger partial charge in [0.25, 0.3) is 0 Å². The van der Waals surface area contributed by atoms with E-state index in [4.69, 9.17) is 18.5 Å². The van der Waals surface area contributed by atoms with Gasteiger partial charge in [-0.15, -0.1) is 0 Å². The number of likely N-dealkylation sites (N-methyl/N-ethyl adjacent to an activating group) is 1. The number of Topliss-reactive ketones (excluding diaryl/α,β-unsaturated/α-hetero) is 1. The van der Waals surface area contributed by atoms with Crippen LogP contribution in [0.5, 0.6) is 0 Å². The molecule has 0 bridgehead atoms. The van der Waals surface area contributed by atoms with E-state index in [1.807, 2.05) is 33.3 Å². The van der Waals surface area contributed by atoms with E-state index in [0.29, 0.717) is 43.1 Å². The fourth-order valence-corrected chi connectivity index (χ4v) is 7.50. The molecule has 1 fully saturated rings. The number of allylic oxidation sites excluding steroid dienone is 3. The van der Waals surface area contributed by atoms with Crippen LogP contribution < -0.4 is 0 Å². The molecule has 6 atom stereocenters. The van der Waals surface area contributed by atoms with E-state index in [0.717, 1.165) is 38.5 Å². The summed E-state index contributed by atoms with van der Waals surface area (Å²) in [6.07, 6.45) is 25.9. The van der Waals surface area contributed by atoms with Crippen LogP contribution >= 0.6 is 7.82 Å². The molecule has 0 aromatic carbocycles. The van der Waals surface area contributed by atoms with Crippen molar-refractivity contribution in [3.63, 3.8) is 0 Å². The van der Waals surface area contributed by atoms with Crippen LogP contribution in [0.15, 0.2) is 24.3 Å². The molecule has 0 aliphatic heterocycles. The van der Waals surface area contributed by atoms with Gasteiger partial charge in [0, 0.05) is 31.1 Å². The molecule has 0 spiro atoms. The zero-order chi connectivity index (χ0) is 42.4. The molecular weight excluding hydrogens is 749 g/mol. The van der Waals surface area contributed by atoms with Crippen LogP contribution in [-0.2, 0) is 37.5 Å². The molecule has 0 aromatic rings. The van der Waals surface area contributed by atoms with Gasteiger partial charge in [0.1, 0.15) is 25.5 Å². The maximum Gasteiger partial charge on any atom is 0.472 e. The van der Waals surface area contributed by atoms with Crippen molar-refractivity contribution in [1.82, 2.24) is 0 Å². The topological polar surface area (TPSA) is 166 Å². The molecule has 12 nitrogen and oxygen atoms in total. The summed E-state index contributed by atoms with van der Waals surface area (Å²) in [4.78, 5) is 48.0. The van der Waals surface area contributed by atoms with Crippen LogP contribution in [0.3, 0.4) is 0 Å². The first kappa shape index (κ1) is 53.1. The predicted octanol–water partition coefficient (Wildman–Crippen LogP) is 8.94. The minimum atomic E-state index is -4.44. The van der Waals surface area contributed by atoms with Gasteiger partial charge in [0.05, 0.1) is 40.0 Å². The van der Waals surface area contributed by atoms with E-state index in [2.05, 4.69) is 13.8 Å². The highest BCUT2D eigenvalue weighted by atomic mass is 31.2. The molecule has 0 aromatic heterocycles. The standard InChI is InChI=1S/C44H80NO11P/c1-6-8-10-11-12-13-14-15-16-17-18-19-25-29-44(50)56-38(36-55-57(51,52)54-33-32-45(3,4)5)35-53-43(49)28-24-21-20-23-27-39-40(42(48)34-41(39)47)31-30-37(46)26-22-9-7-2/h20,23,30-31,37-41,46-47H,6-19,21-22,24-29,32-36H2,1-5H3/p+1/b23-20-,31-30+/t37-,38+,39+,40+,41-/m0/s1. The van der Waals surface area contributed by atoms with Crippen LogP contribution in [0.1, 0.15) is 162 Å². The average molecular weight is 831 g/mol. The van der Waals surface area contributed by atoms with Crippen molar-refractivity contribution in [2.45, 2.75) is 180 Å². The van der Waals surface area contributed by atoms with Gasteiger partial charge in [-0.05, 0) is 32.1 Å². The summed E-state index contributed by atoms with van der Waals surface area (Å²) in [6.45, 7) is 4.01. The highest BCUT2D eigenvalue weighted by Crippen LogP contribution is 2.43. The zero-order valence-corrected chi connectivity index (χ0v) is 37.2. The van der Waals surface area contributed by atoms with Crippen molar-refractivity contribution in [2.75, 3.05) is 47.5 Å². The Labute approximate surface area is 345 Å². The summed E-state index contributed by atoms with van der Waals surface area (Å²) < 4.78 is 34.2. The van der Waals surface area contributed by atoms with Gasteiger partial charge in [-0.2, -0.15) is 0 Å². The Kier molecular flexibility index (Phi) is 29.7. The number of hydrogen-bond acceptors (Lipinski definition) is 10. The maximum atomic E-state index is 12.7. The van der Waals surface area contributed by atoms with Crippen molar-refractivity contribution in [3.05, 3.63) is 24.3 Å². The Bertz CT molecular complexity index is 1190. The van der Waals surface area contributed by atoms with E-state index >= 15 is 0 Å². The minimum Gasteiger partial charge on any atom is -0.462 e. The lowest BCUT2D eigenvalue weighted by molar-refractivity contribution is -0.870. The molecule has 1 rings (SSSR count). The molecule has 332 valence electrons. The normalized spacial score (nSPS) is 19.6. The molecular formula is C44H81NO11P+. The number of ether oxygens (including phenoxy) is 2. The summed E-state index contributed by atoms with van der Waals surface area (Å²) in [5.41, 5.74) is 0. The zero-order valence-electron chi connectivity index (χ0n) is 36.3. The Morgan fingerprint density at radius 1 is 0.807 bits per heavy atom. The van der Waals surface area contributed by atoms with Gasteiger partial charge in [-0.3, -0.25) is 23.4 Å². The lowest BCUT2D eigenvalue weighted by Gasteiger charge is -2.24. The number of unbranched alkanes of at least 4 members (excludes halogenated alkanes) is 15. The van der Waals surface area contributed by atoms with Gasteiger partial charge in [-0.1, -0.05) is 134 Å². The lowest BCUT2D eigenvalue weighted by atomic mass is 9.90. The van der Waals surface area contributed by atoms with Gasteiger partial charge < -0.3 is 29.1 Å². The number of aliphatic hydroxyl groups excluding tert-OH is 2. The number of phosphoric acid groups is 1. The first-order valence-corrected chi connectivity index (χ1v) is 23.7. The second-order valence-corrected chi connectivity index (χ2v) is 18.3. The number of rotatable bonds is 36. The molecule has 3 N–H and O–H groups in total. The number of ketones is 1. The Morgan fingerprint density at radius 3 is 2.00 bits per heavy atom. The second-order valence-electron chi connectivity index (χ2n) is 16.9. The van der Waals surface area contributed by atoms with Gasteiger partial charge in [0.2, 0.25) is 0 Å². The van der Waals surface area contributed by atoms with Gasteiger partial charge >= 0.3 is 19.8 Å². The quantitative estimate of drug-likeness (QED) is 0.0181. The number of carbonyl (C=O) groups excluding carboxylic acids is 3. The summed E-state index contributed by atoms with van der Waals surface area (Å²) in [6, 6.07) is 0. The first-order chi connectivity index (χ1) is 27.2. The van der Waals surface area contributed by atoms with E-state index in [1.165, 1.54) is 57.8 Å². The third-order valence-corrected chi connectivity index (χ3v) is 11.3. The number of carbonyl (C=O) groups is 3. The van der Waals surface area contributed by atoms with Crippen LogP contribution in [0.25, 0.3) is 0 Å². The third-order valence-electron chi connectivity index (χ3n) is 10.4. The van der Waals surface area contributed by atoms with Crippen molar-refractivity contribution < 1.29 is 57.1 Å². The van der Waals surface area contributed by atoms with Gasteiger partial charge in [-0.25, -0.2) is 4.57 Å². The minimum absolute atomic E-state index is 0.00939. The Morgan fingerprint density at radius 2 is 1.39 bits per heavy atom. The molecule has 57 heavy (non-hydrogen) atoms. The smallest absolute Gasteiger partial charge is 0.462 e. The molecule has 1 unspecified atom stereocenters. The molecule has 13 heteroatoms. The Balaban J connectivity index is 2.51. The van der Waals surface area contributed by atoms with E-state index in [1.54, 1.807) is 12.2 Å². The number of nitrogens with zero attached hydrogens (tertiary/aromatic N) is 1. The van der Waals surface area contributed by atoms with Crippen LogP contribution in [-0.4, -0.2) is 103 Å². The molecule has 0 radical (unpaired) electrons. The number of esters is 2. The highest BCUT2D eigenvalue weighted by Gasteiger charge is 2.39. The SMILES string of the molecule is CCCCCCCCCCCCCCCC(=O)O[C@H](COC(=O)CCC/C=C\C[C@H]1[C@@H](O)CC(=O)[C@@H]1/C=C/[C@@H](O)CCCCC)COP(=O)(O)OCC[N+](C)(C)C. The van der Waals surface area contributed by atoms with Crippen molar-refractivity contribution in [1.29, 1.82) is 0 Å². The first-order valence-electron chi connectivity index (χ1n) is 22.2. The van der Waals surface area contributed by atoms with Crippen LogP contribution in [0.4, 0.5) is 0 Å². The van der Waals surface area contributed by atoms with Crippen LogP contribution in [0.2, 0.25) is 0 Å². The van der Waals surface area contributed by atoms with Crippen molar-refractivity contribution >= 4 is 25.5 Å². The number of aliphatic hydroxyl groups is 2. The summed E-state index contributed by atoms with van der Waals surface area (Å²) in [7, 11) is 1.33. The molecule has 0 heterocycles. The number of hydrogen-bond donors (Lipinski definition) is 3. The molecule has 1 saturated carbocycles. The summed E-state index contributed by atoms with van der Waals surface area (Å²) >= 11 is 0. The van der Waals surface area contributed by atoms with E-state index < -0.39 is 50.6 Å². The molecule has 0 amide bonds. The average Bonchev–Trinajstić information content (AvgIpc) is 3.41. The maximum absolute atomic E-state index is 12.7. The molecule has 0 saturated heterocycles. The largest absolute Gasteiger partial charge is 0.472 e. The fourth-order valence-electron chi connectivity index (χ4n) is 6.76. The number of quaternary nitrogens is 1. The third kappa shape index (κ3) is 29.0. The predicted molar refractivity (Wildman–Crippen MR) is 225 cm³/mol.